The van der Waals surface area contributed by atoms with Gasteiger partial charge in [-0.1, -0.05) is 38.3 Å². The predicted octanol–water partition coefficient (Wildman–Crippen LogP) is 5.62. The quantitative estimate of drug-likeness (QED) is 0.527. The number of nitrogens with zero attached hydrogens (tertiary/aromatic N) is 1. The number of phenolic OH excluding ortho intramolecular Hbond substituents is 1. The molecule has 1 heterocycles. The highest BCUT2D eigenvalue weighted by Crippen LogP contribution is 2.39. The maximum absolute atomic E-state index is 10.8. The van der Waals surface area contributed by atoms with Crippen LogP contribution in [0.25, 0.3) is 0 Å². The van der Waals surface area contributed by atoms with Gasteiger partial charge in [-0.2, -0.15) is 0 Å². The van der Waals surface area contributed by atoms with Crippen molar-refractivity contribution >= 4 is 5.71 Å². The average Bonchev–Trinajstić information content (AvgIpc) is 2.76. The van der Waals surface area contributed by atoms with Crippen LogP contribution in [0.2, 0.25) is 0 Å². The molecule has 0 amide bonds. The number of aliphatic imine (C=N–C) groups is 1. The number of para-hydroxylation sites is 1. The van der Waals surface area contributed by atoms with Gasteiger partial charge in [0.15, 0.2) is 11.5 Å². The molecule has 162 valence electrons. The fourth-order valence-corrected chi connectivity index (χ4v) is 4.16. The van der Waals surface area contributed by atoms with E-state index in [0.29, 0.717) is 12.2 Å². The Kier molecular flexibility index (Phi) is 7.38. The van der Waals surface area contributed by atoms with Crippen molar-refractivity contribution in [2.75, 3.05) is 14.2 Å². The van der Waals surface area contributed by atoms with Crippen LogP contribution in [0.3, 0.4) is 0 Å². The van der Waals surface area contributed by atoms with Crippen LogP contribution >= 0.6 is 0 Å². The van der Waals surface area contributed by atoms with E-state index in [2.05, 4.69) is 31.3 Å². The van der Waals surface area contributed by atoms with Gasteiger partial charge in [-0.15, -0.1) is 0 Å². The topological polar surface area (TPSA) is 63.1 Å². The van der Waals surface area contributed by atoms with E-state index in [1.54, 1.807) is 20.3 Å². The van der Waals surface area contributed by atoms with E-state index >= 15 is 0 Å². The van der Waals surface area contributed by atoms with E-state index in [1.807, 2.05) is 24.3 Å². The molecule has 0 bridgehead atoms. The third-order valence-electron chi connectivity index (χ3n) is 5.83. The number of benzene rings is 2. The molecule has 2 aromatic carbocycles. The van der Waals surface area contributed by atoms with Gasteiger partial charge < -0.3 is 14.6 Å². The summed E-state index contributed by atoms with van der Waals surface area (Å²) < 4.78 is 10.6. The van der Waals surface area contributed by atoms with Gasteiger partial charge >= 0.3 is 0 Å². The van der Waals surface area contributed by atoms with Crippen molar-refractivity contribution < 1.29 is 14.6 Å². The smallest absolute Gasteiger partial charge is 0.162 e. The van der Waals surface area contributed by atoms with Crippen molar-refractivity contribution in [3.63, 3.8) is 0 Å². The number of hydrogen-bond acceptors (Lipinski definition) is 5. The zero-order valence-corrected chi connectivity index (χ0v) is 18.6. The lowest BCUT2D eigenvalue weighted by molar-refractivity contribution is 0.275. The molecule has 2 atom stereocenters. The van der Waals surface area contributed by atoms with Crippen LogP contribution in [0.15, 0.2) is 47.5 Å². The van der Waals surface area contributed by atoms with Crippen molar-refractivity contribution in [3.05, 3.63) is 53.6 Å². The molecule has 2 aromatic rings. The Labute approximate surface area is 180 Å². The van der Waals surface area contributed by atoms with Crippen molar-refractivity contribution in [1.82, 2.24) is 5.32 Å². The van der Waals surface area contributed by atoms with Crippen LogP contribution in [-0.4, -0.2) is 30.7 Å². The molecule has 0 saturated carbocycles. The average molecular weight is 411 g/mol. The van der Waals surface area contributed by atoms with Gasteiger partial charge in [-0.05, 0) is 55.7 Å². The molecule has 0 saturated heterocycles. The summed E-state index contributed by atoms with van der Waals surface area (Å²) in [6.07, 6.45) is 6.42. The standard InChI is InChI=1S/C25H34N2O3/c1-5-6-7-8-16-25(2)26-21(18-12-14-19(29-3)15-13-18)17-22(27-25)20-10-9-11-23(30-4)24(20)28/h9-15,22,27-28H,5-8,16-17H2,1-4H3/t22-,25+/m1/s1. The zero-order chi connectivity index (χ0) is 21.6. The van der Waals surface area contributed by atoms with Crippen molar-refractivity contribution in [1.29, 1.82) is 0 Å². The van der Waals surface area contributed by atoms with Gasteiger partial charge in [0.2, 0.25) is 0 Å². The zero-order valence-electron chi connectivity index (χ0n) is 18.6. The molecular formula is C25H34N2O3. The van der Waals surface area contributed by atoms with E-state index in [9.17, 15) is 5.11 Å². The van der Waals surface area contributed by atoms with Gasteiger partial charge in [-0.25, -0.2) is 0 Å². The third-order valence-corrected chi connectivity index (χ3v) is 5.83. The first-order chi connectivity index (χ1) is 14.5. The normalized spacial score (nSPS) is 21.2. The summed E-state index contributed by atoms with van der Waals surface area (Å²) in [6.45, 7) is 4.38. The molecule has 3 rings (SSSR count). The van der Waals surface area contributed by atoms with Crippen LogP contribution in [0.4, 0.5) is 0 Å². The molecule has 1 aliphatic heterocycles. The van der Waals surface area contributed by atoms with E-state index < -0.39 is 0 Å². The molecule has 30 heavy (non-hydrogen) atoms. The van der Waals surface area contributed by atoms with Gasteiger partial charge in [-0.3, -0.25) is 10.3 Å². The maximum Gasteiger partial charge on any atom is 0.162 e. The van der Waals surface area contributed by atoms with Crippen molar-refractivity contribution in [3.8, 4) is 17.2 Å². The monoisotopic (exact) mass is 410 g/mol. The Morgan fingerprint density at radius 3 is 2.50 bits per heavy atom. The highest BCUT2D eigenvalue weighted by atomic mass is 16.5. The summed E-state index contributed by atoms with van der Waals surface area (Å²) in [6, 6.07) is 13.7. The number of phenols is 1. The molecule has 0 spiro atoms. The summed E-state index contributed by atoms with van der Waals surface area (Å²) in [5.74, 6) is 1.52. The summed E-state index contributed by atoms with van der Waals surface area (Å²) in [4.78, 5) is 5.14. The minimum atomic E-state index is -0.387. The largest absolute Gasteiger partial charge is 0.504 e. The number of unbranched alkanes of at least 4 members (excludes halogenated alkanes) is 3. The lowest BCUT2D eigenvalue weighted by Crippen LogP contribution is -2.47. The Morgan fingerprint density at radius 2 is 1.83 bits per heavy atom. The molecule has 0 aliphatic carbocycles. The molecule has 1 aliphatic rings. The molecule has 5 heteroatoms. The number of hydrogen-bond donors (Lipinski definition) is 2. The van der Waals surface area contributed by atoms with Crippen molar-refractivity contribution in [2.24, 2.45) is 4.99 Å². The first kappa shape index (κ1) is 22.2. The van der Waals surface area contributed by atoms with Crippen LogP contribution in [0.1, 0.15) is 69.5 Å². The van der Waals surface area contributed by atoms with Crippen LogP contribution in [0, 0.1) is 0 Å². The molecule has 0 fully saturated rings. The Balaban J connectivity index is 1.93. The maximum atomic E-state index is 10.8. The summed E-state index contributed by atoms with van der Waals surface area (Å²) in [5.41, 5.74) is 2.59. The van der Waals surface area contributed by atoms with Gasteiger partial charge in [0.05, 0.1) is 14.2 Å². The first-order valence-corrected chi connectivity index (χ1v) is 10.9. The van der Waals surface area contributed by atoms with E-state index in [-0.39, 0.29) is 17.5 Å². The lowest BCUT2D eigenvalue weighted by atomic mass is 9.90. The molecule has 2 N–H and O–H groups in total. The first-order valence-electron chi connectivity index (χ1n) is 10.9. The lowest BCUT2D eigenvalue weighted by Gasteiger charge is -2.38. The van der Waals surface area contributed by atoms with E-state index in [1.165, 1.54) is 19.3 Å². The fourth-order valence-electron chi connectivity index (χ4n) is 4.16. The molecule has 5 nitrogen and oxygen atoms in total. The highest BCUT2D eigenvalue weighted by Gasteiger charge is 2.34. The number of methoxy groups -OCH3 is 2. The summed E-state index contributed by atoms with van der Waals surface area (Å²) in [5, 5.41) is 14.5. The van der Waals surface area contributed by atoms with Crippen LogP contribution in [0.5, 0.6) is 17.2 Å². The SMILES string of the molecule is CCCCCC[C@@]1(C)N=C(c2ccc(OC)cc2)C[C@H](c2cccc(OC)c2O)N1. The van der Waals surface area contributed by atoms with E-state index in [4.69, 9.17) is 14.5 Å². The number of aromatic hydroxyl groups is 1. The third kappa shape index (κ3) is 5.14. The minimum Gasteiger partial charge on any atom is -0.504 e. The summed E-state index contributed by atoms with van der Waals surface area (Å²) >= 11 is 0. The second kappa shape index (κ2) is 9.98. The Hall–Kier alpha value is -2.53. The second-order valence-electron chi connectivity index (χ2n) is 8.17. The van der Waals surface area contributed by atoms with Gasteiger partial charge in [0.1, 0.15) is 11.4 Å². The number of nitrogens with one attached hydrogen (secondary N) is 1. The van der Waals surface area contributed by atoms with E-state index in [0.717, 1.165) is 35.4 Å². The predicted molar refractivity (Wildman–Crippen MR) is 122 cm³/mol. The fraction of sp³-hybridized carbons (Fsp3) is 0.480. The Bertz CT molecular complexity index is 863. The Morgan fingerprint density at radius 1 is 1.07 bits per heavy atom. The number of ether oxygens (including phenoxy) is 2. The van der Waals surface area contributed by atoms with Gasteiger partial charge in [0.25, 0.3) is 0 Å². The second-order valence-corrected chi connectivity index (χ2v) is 8.17. The molecule has 0 radical (unpaired) electrons. The molecule has 0 unspecified atom stereocenters. The minimum absolute atomic E-state index is 0.0501. The number of rotatable bonds is 9. The van der Waals surface area contributed by atoms with Gasteiger partial charge in [0, 0.05) is 23.7 Å². The van der Waals surface area contributed by atoms with Crippen LogP contribution in [-0.2, 0) is 0 Å². The van der Waals surface area contributed by atoms with Crippen molar-refractivity contribution in [2.45, 2.75) is 64.1 Å². The molecule has 0 aromatic heterocycles. The van der Waals surface area contributed by atoms with Crippen LogP contribution < -0.4 is 14.8 Å². The highest BCUT2D eigenvalue weighted by molar-refractivity contribution is 6.01. The molecular weight excluding hydrogens is 376 g/mol. The summed E-state index contributed by atoms with van der Waals surface area (Å²) in [7, 11) is 3.25.